The predicted molar refractivity (Wildman–Crippen MR) is 78.5 cm³/mol. The van der Waals surface area contributed by atoms with E-state index in [1.807, 2.05) is 0 Å². The van der Waals surface area contributed by atoms with E-state index in [9.17, 15) is 10.2 Å². The molecule has 0 spiro atoms. The zero-order chi connectivity index (χ0) is 15.0. The summed E-state index contributed by atoms with van der Waals surface area (Å²) in [6.45, 7) is 0. The fourth-order valence-corrected chi connectivity index (χ4v) is 2.09. The zero-order valence-electron chi connectivity index (χ0n) is 10.4. The number of rotatable bonds is 2. The summed E-state index contributed by atoms with van der Waals surface area (Å²) in [5.74, 6) is -0.195. The second kappa shape index (κ2) is 5.27. The number of phenols is 2. The average molecular weight is 323 g/mol. The van der Waals surface area contributed by atoms with Crippen LogP contribution in [0.3, 0.4) is 0 Å². The molecule has 106 valence electrons. The molecule has 0 atom stereocenters. The van der Waals surface area contributed by atoms with Gasteiger partial charge in [-0.05, 0) is 30.3 Å². The first kappa shape index (κ1) is 13.7. The predicted octanol–water partition coefficient (Wildman–Crippen LogP) is 4.12. The maximum Gasteiger partial charge on any atom is 0.262 e. The van der Waals surface area contributed by atoms with Crippen molar-refractivity contribution in [2.45, 2.75) is 0 Å². The highest BCUT2D eigenvalue weighted by Crippen LogP contribution is 2.36. The number of phenolic OH excluding ortho intramolecular Hbond substituents is 2. The van der Waals surface area contributed by atoms with Crippen molar-refractivity contribution in [1.82, 2.24) is 10.1 Å². The average Bonchev–Trinajstić information content (AvgIpc) is 2.94. The molecule has 7 heteroatoms. The van der Waals surface area contributed by atoms with Crippen molar-refractivity contribution >= 4 is 23.2 Å². The molecule has 0 saturated heterocycles. The van der Waals surface area contributed by atoms with E-state index >= 15 is 0 Å². The fourth-order valence-electron chi connectivity index (χ4n) is 1.79. The Morgan fingerprint density at radius 2 is 1.81 bits per heavy atom. The first-order valence-electron chi connectivity index (χ1n) is 5.86. The molecule has 3 rings (SSSR count). The normalized spacial score (nSPS) is 10.8. The van der Waals surface area contributed by atoms with Crippen molar-refractivity contribution in [3.8, 4) is 34.3 Å². The number of nitrogens with zero attached hydrogens (tertiary/aromatic N) is 2. The van der Waals surface area contributed by atoms with Gasteiger partial charge in [0.15, 0.2) is 11.5 Å². The van der Waals surface area contributed by atoms with Crippen LogP contribution < -0.4 is 0 Å². The van der Waals surface area contributed by atoms with E-state index in [0.29, 0.717) is 21.4 Å². The van der Waals surface area contributed by atoms with Crippen molar-refractivity contribution in [3.05, 3.63) is 46.4 Å². The van der Waals surface area contributed by atoms with Gasteiger partial charge in [-0.15, -0.1) is 0 Å². The fraction of sp³-hybridized carbons (Fsp3) is 0. The Morgan fingerprint density at radius 1 is 1.00 bits per heavy atom. The molecule has 0 aliphatic heterocycles. The third-order valence-corrected chi connectivity index (χ3v) is 3.59. The SMILES string of the molecule is Oc1cccc(-c2nc(-c3ccc(Cl)c(Cl)c3)no2)c1O. The second-order valence-corrected chi connectivity index (χ2v) is 5.04. The minimum atomic E-state index is -0.318. The zero-order valence-corrected chi connectivity index (χ0v) is 11.9. The van der Waals surface area contributed by atoms with Crippen LogP contribution >= 0.6 is 23.2 Å². The highest BCUT2D eigenvalue weighted by Gasteiger charge is 2.16. The molecular weight excluding hydrogens is 315 g/mol. The summed E-state index contributed by atoms with van der Waals surface area (Å²) < 4.78 is 5.10. The molecule has 3 aromatic rings. The van der Waals surface area contributed by atoms with Gasteiger partial charge in [-0.1, -0.05) is 34.4 Å². The maximum atomic E-state index is 9.79. The Bertz CT molecular complexity index is 818. The van der Waals surface area contributed by atoms with Crippen LogP contribution in [0.5, 0.6) is 11.5 Å². The first-order valence-corrected chi connectivity index (χ1v) is 6.62. The molecule has 1 heterocycles. The molecule has 0 bridgehead atoms. The van der Waals surface area contributed by atoms with Crippen molar-refractivity contribution in [2.75, 3.05) is 0 Å². The quantitative estimate of drug-likeness (QED) is 0.694. The number of para-hydroxylation sites is 1. The van der Waals surface area contributed by atoms with Gasteiger partial charge in [-0.25, -0.2) is 0 Å². The van der Waals surface area contributed by atoms with Crippen LogP contribution in [0.1, 0.15) is 0 Å². The van der Waals surface area contributed by atoms with E-state index in [1.165, 1.54) is 6.07 Å². The van der Waals surface area contributed by atoms with Gasteiger partial charge in [-0.2, -0.15) is 4.98 Å². The summed E-state index contributed by atoms with van der Waals surface area (Å²) in [6.07, 6.45) is 0. The van der Waals surface area contributed by atoms with Crippen LogP contribution in [0, 0.1) is 0 Å². The van der Waals surface area contributed by atoms with Gasteiger partial charge >= 0.3 is 0 Å². The molecule has 0 unspecified atom stereocenters. The van der Waals surface area contributed by atoms with E-state index in [-0.39, 0.29) is 23.0 Å². The number of halogens is 2. The third-order valence-electron chi connectivity index (χ3n) is 2.85. The van der Waals surface area contributed by atoms with E-state index in [0.717, 1.165) is 0 Å². The van der Waals surface area contributed by atoms with Gasteiger partial charge < -0.3 is 14.7 Å². The molecule has 2 aromatic carbocycles. The number of benzene rings is 2. The van der Waals surface area contributed by atoms with Crippen molar-refractivity contribution in [1.29, 1.82) is 0 Å². The van der Waals surface area contributed by atoms with Crippen LogP contribution in [0.4, 0.5) is 0 Å². The Hall–Kier alpha value is -2.24. The molecule has 0 fully saturated rings. The standard InChI is InChI=1S/C14H8Cl2N2O3/c15-9-5-4-7(6-10(9)16)13-17-14(21-18-13)8-2-1-3-11(19)12(8)20/h1-6,19-20H. The summed E-state index contributed by atoms with van der Waals surface area (Å²) in [6, 6.07) is 9.41. The lowest BCUT2D eigenvalue weighted by molar-refractivity contribution is 0.397. The minimum absolute atomic E-state index is 0.0875. The van der Waals surface area contributed by atoms with Gasteiger partial charge in [0, 0.05) is 5.56 Å². The van der Waals surface area contributed by atoms with Crippen LogP contribution in [0.25, 0.3) is 22.8 Å². The maximum absolute atomic E-state index is 9.79. The van der Waals surface area contributed by atoms with Crippen LogP contribution in [0.2, 0.25) is 10.0 Å². The van der Waals surface area contributed by atoms with Gasteiger partial charge in [0.05, 0.1) is 15.6 Å². The summed E-state index contributed by atoms with van der Waals surface area (Å²) >= 11 is 11.8. The monoisotopic (exact) mass is 322 g/mol. The lowest BCUT2D eigenvalue weighted by Crippen LogP contribution is -1.82. The number of aromatic hydroxyl groups is 2. The molecule has 0 amide bonds. The molecule has 1 aromatic heterocycles. The Kier molecular flexibility index (Phi) is 3.45. The summed E-state index contributed by atoms with van der Waals surface area (Å²) in [5.41, 5.74) is 0.868. The highest BCUT2D eigenvalue weighted by molar-refractivity contribution is 6.42. The Labute approximate surface area is 129 Å². The number of hydrogen-bond donors (Lipinski definition) is 2. The molecular formula is C14H8Cl2N2O3. The van der Waals surface area contributed by atoms with Crippen molar-refractivity contribution in [3.63, 3.8) is 0 Å². The molecule has 0 saturated carbocycles. The molecule has 5 nitrogen and oxygen atoms in total. The Balaban J connectivity index is 2.03. The van der Waals surface area contributed by atoms with Crippen molar-refractivity contribution in [2.24, 2.45) is 0 Å². The smallest absolute Gasteiger partial charge is 0.262 e. The molecule has 2 N–H and O–H groups in total. The van der Waals surface area contributed by atoms with E-state index < -0.39 is 0 Å². The van der Waals surface area contributed by atoms with Crippen LogP contribution in [-0.4, -0.2) is 20.4 Å². The topological polar surface area (TPSA) is 79.4 Å². The van der Waals surface area contributed by atoms with Gasteiger partial charge in [-0.3, -0.25) is 0 Å². The number of aromatic nitrogens is 2. The van der Waals surface area contributed by atoms with Crippen LogP contribution in [0.15, 0.2) is 40.9 Å². The largest absolute Gasteiger partial charge is 0.504 e. The first-order chi connectivity index (χ1) is 10.1. The number of hydrogen-bond acceptors (Lipinski definition) is 5. The molecule has 0 radical (unpaired) electrons. The van der Waals surface area contributed by atoms with E-state index in [1.54, 1.807) is 30.3 Å². The Morgan fingerprint density at radius 3 is 2.57 bits per heavy atom. The summed E-state index contributed by atoms with van der Waals surface area (Å²) in [5, 5.41) is 23.9. The second-order valence-electron chi connectivity index (χ2n) is 4.23. The van der Waals surface area contributed by atoms with Crippen molar-refractivity contribution < 1.29 is 14.7 Å². The van der Waals surface area contributed by atoms with Gasteiger partial charge in [0.1, 0.15) is 0 Å². The lowest BCUT2D eigenvalue weighted by atomic mass is 10.2. The van der Waals surface area contributed by atoms with Gasteiger partial charge in [0.2, 0.25) is 5.82 Å². The van der Waals surface area contributed by atoms with Gasteiger partial charge in [0.25, 0.3) is 5.89 Å². The minimum Gasteiger partial charge on any atom is -0.504 e. The van der Waals surface area contributed by atoms with Crippen LogP contribution in [-0.2, 0) is 0 Å². The lowest BCUT2D eigenvalue weighted by Gasteiger charge is -2.00. The molecule has 21 heavy (non-hydrogen) atoms. The highest BCUT2D eigenvalue weighted by atomic mass is 35.5. The summed E-state index contributed by atoms with van der Waals surface area (Å²) in [4.78, 5) is 4.17. The molecule has 0 aliphatic carbocycles. The summed E-state index contributed by atoms with van der Waals surface area (Å²) in [7, 11) is 0. The third kappa shape index (κ3) is 2.53. The van der Waals surface area contributed by atoms with E-state index in [4.69, 9.17) is 27.7 Å². The molecule has 0 aliphatic rings. The van der Waals surface area contributed by atoms with E-state index in [2.05, 4.69) is 10.1 Å².